The van der Waals surface area contributed by atoms with Gasteiger partial charge < -0.3 is 9.64 Å². The average Bonchev–Trinajstić information content (AvgIpc) is 3.10. The molecule has 0 aliphatic carbocycles. The minimum Gasteiger partial charge on any atom is -0.375 e. The second kappa shape index (κ2) is 10.7. The van der Waals surface area contributed by atoms with Crippen LogP contribution in [-0.2, 0) is 16.8 Å². The molecule has 2 nitrogen and oxygen atoms in total. The van der Waals surface area contributed by atoms with Gasteiger partial charge in [-0.2, -0.15) is 0 Å². The molecule has 0 aromatic heterocycles. The summed E-state index contributed by atoms with van der Waals surface area (Å²) in [5.41, 5.74) is 5.65. The van der Waals surface area contributed by atoms with E-state index in [1.165, 1.54) is 54.6 Å². The van der Waals surface area contributed by atoms with Crippen molar-refractivity contribution in [3.63, 3.8) is 0 Å². The number of ether oxygens (including phenoxy) is 1. The molecule has 1 saturated heterocycles. The third-order valence-corrected chi connectivity index (χ3v) is 7.41. The molecule has 0 spiro atoms. The summed E-state index contributed by atoms with van der Waals surface area (Å²) in [5, 5.41) is 0. The summed E-state index contributed by atoms with van der Waals surface area (Å²) in [6.07, 6.45) is 4.95. The van der Waals surface area contributed by atoms with Crippen LogP contribution in [0.5, 0.6) is 0 Å². The van der Waals surface area contributed by atoms with Crippen LogP contribution in [0.4, 0.5) is 0 Å². The van der Waals surface area contributed by atoms with Crippen molar-refractivity contribution < 1.29 is 4.74 Å². The lowest BCUT2D eigenvalue weighted by molar-refractivity contribution is 0.0576. The number of fused-ring (bicyclic) bond motifs is 1. The van der Waals surface area contributed by atoms with Gasteiger partial charge in [-0.25, -0.2) is 0 Å². The molecule has 2 aliphatic heterocycles. The zero-order valence-corrected chi connectivity index (χ0v) is 19.6. The van der Waals surface area contributed by atoms with Gasteiger partial charge in [-0.1, -0.05) is 84.9 Å². The first-order valence-electron chi connectivity index (χ1n) is 11.8. The summed E-state index contributed by atoms with van der Waals surface area (Å²) in [7, 11) is 0. The van der Waals surface area contributed by atoms with Crippen LogP contribution in [0.3, 0.4) is 0 Å². The predicted molar refractivity (Wildman–Crippen MR) is 135 cm³/mol. The lowest BCUT2D eigenvalue weighted by Gasteiger charge is -2.41. The molecule has 168 valence electrons. The fourth-order valence-electron chi connectivity index (χ4n) is 5.66. The number of hydrogen-bond donors (Lipinski definition) is 0. The van der Waals surface area contributed by atoms with E-state index in [1.807, 2.05) is 0 Å². The summed E-state index contributed by atoms with van der Waals surface area (Å²) in [4.78, 5) is 2.70. The Morgan fingerprint density at radius 3 is 2.34 bits per heavy atom. The summed E-state index contributed by atoms with van der Waals surface area (Å²) in [6.45, 7) is 5.01. The molecular formula is C29H34ClNO. The third kappa shape index (κ3) is 4.78. The number of halogens is 1. The van der Waals surface area contributed by atoms with Gasteiger partial charge in [-0.05, 0) is 73.5 Å². The van der Waals surface area contributed by atoms with E-state index in [0.29, 0.717) is 5.92 Å². The van der Waals surface area contributed by atoms with Crippen LogP contribution in [0, 0.1) is 0 Å². The Balaban J connectivity index is 0.00000245. The van der Waals surface area contributed by atoms with Crippen LogP contribution in [0.15, 0.2) is 84.9 Å². The van der Waals surface area contributed by atoms with Gasteiger partial charge in [0, 0.05) is 5.41 Å². The maximum Gasteiger partial charge on any atom is 0.0720 e. The third-order valence-electron chi connectivity index (χ3n) is 7.41. The van der Waals surface area contributed by atoms with Crippen LogP contribution in [0.2, 0.25) is 0 Å². The Morgan fingerprint density at radius 1 is 0.812 bits per heavy atom. The number of hydrogen-bond acceptors (Lipinski definition) is 2. The number of nitrogens with zero attached hydrogens (tertiary/aromatic N) is 1. The highest BCUT2D eigenvalue weighted by atomic mass is 35.5. The van der Waals surface area contributed by atoms with Gasteiger partial charge in [0.25, 0.3) is 0 Å². The van der Waals surface area contributed by atoms with Crippen LogP contribution < -0.4 is 0 Å². The highest BCUT2D eigenvalue weighted by Crippen LogP contribution is 2.41. The number of benzene rings is 3. The Hall–Kier alpha value is -2.13. The van der Waals surface area contributed by atoms with Crippen LogP contribution in [0.1, 0.15) is 53.9 Å². The number of rotatable bonds is 5. The van der Waals surface area contributed by atoms with Crippen molar-refractivity contribution >= 4 is 12.4 Å². The number of likely N-dealkylation sites (tertiary alicyclic amines) is 1. The van der Waals surface area contributed by atoms with Crippen molar-refractivity contribution in [2.75, 3.05) is 26.2 Å². The fourth-order valence-corrected chi connectivity index (χ4v) is 5.66. The van der Waals surface area contributed by atoms with E-state index in [1.54, 1.807) is 0 Å². The van der Waals surface area contributed by atoms with Crippen molar-refractivity contribution in [1.29, 1.82) is 0 Å². The van der Waals surface area contributed by atoms with Crippen LogP contribution >= 0.6 is 12.4 Å². The zero-order valence-electron chi connectivity index (χ0n) is 18.8. The normalized spacial score (nSPS) is 23.6. The molecule has 3 aromatic carbocycles. The maximum absolute atomic E-state index is 6.19. The van der Waals surface area contributed by atoms with Gasteiger partial charge in [0.15, 0.2) is 0 Å². The Bertz CT molecular complexity index is 977. The molecule has 0 amide bonds. The topological polar surface area (TPSA) is 12.5 Å². The monoisotopic (exact) mass is 447 g/mol. The summed E-state index contributed by atoms with van der Waals surface area (Å²) in [6, 6.07) is 31.0. The molecule has 2 aliphatic rings. The van der Waals surface area contributed by atoms with E-state index in [2.05, 4.69) is 89.8 Å². The summed E-state index contributed by atoms with van der Waals surface area (Å²) < 4.78 is 6.19. The van der Waals surface area contributed by atoms with Gasteiger partial charge in [0.1, 0.15) is 0 Å². The molecule has 0 saturated carbocycles. The predicted octanol–water partition coefficient (Wildman–Crippen LogP) is 6.58. The average molecular weight is 448 g/mol. The highest BCUT2D eigenvalue weighted by Gasteiger charge is 2.39. The van der Waals surface area contributed by atoms with Crippen molar-refractivity contribution in [3.8, 4) is 0 Å². The van der Waals surface area contributed by atoms with Crippen LogP contribution in [-0.4, -0.2) is 31.1 Å². The highest BCUT2D eigenvalue weighted by molar-refractivity contribution is 5.85. The Labute approximate surface area is 199 Å². The standard InChI is InChI=1S/C29H33NO.ClH/c1-3-10-24(11-4-1)25-13-9-19-30(20-17-25)21-18-29(27-14-5-2-6-15-27)23-31-22-26-12-7-8-16-28(26)29;/h1-8,10-12,14-16,25H,9,13,17-23H2;1H. The molecule has 0 bridgehead atoms. The second-order valence-electron chi connectivity index (χ2n) is 9.23. The van der Waals surface area contributed by atoms with Crippen molar-refractivity contribution in [2.24, 2.45) is 0 Å². The minimum atomic E-state index is -0.0543. The molecule has 2 unspecified atom stereocenters. The lowest BCUT2D eigenvalue weighted by atomic mass is 9.70. The van der Waals surface area contributed by atoms with E-state index >= 15 is 0 Å². The molecule has 2 heterocycles. The van der Waals surface area contributed by atoms with E-state index in [9.17, 15) is 0 Å². The van der Waals surface area contributed by atoms with Gasteiger partial charge in [0.05, 0.1) is 13.2 Å². The summed E-state index contributed by atoms with van der Waals surface area (Å²) >= 11 is 0. The SMILES string of the molecule is Cl.c1ccc(C2CCCN(CCC3(c4ccccc4)COCc4ccccc43)CC2)cc1. The van der Waals surface area contributed by atoms with Gasteiger partial charge in [-0.3, -0.25) is 0 Å². The van der Waals surface area contributed by atoms with Crippen molar-refractivity contribution in [2.45, 2.75) is 43.6 Å². The molecule has 0 N–H and O–H groups in total. The lowest BCUT2D eigenvalue weighted by Crippen LogP contribution is -2.41. The zero-order chi connectivity index (χ0) is 20.9. The van der Waals surface area contributed by atoms with E-state index < -0.39 is 0 Å². The minimum absolute atomic E-state index is 0. The maximum atomic E-state index is 6.19. The van der Waals surface area contributed by atoms with Gasteiger partial charge in [0.2, 0.25) is 0 Å². The molecule has 0 radical (unpaired) electrons. The van der Waals surface area contributed by atoms with E-state index in [4.69, 9.17) is 4.74 Å². The molecule has 32 heavy (non-hydrogen) atoms. The Morgan fingerprint density at radius 2 is 1.53 bits per heavy atom. The second-order valence-corrected chi connectivity index (χ2v) is 9.23. The van der Waals surface area contributed by atoms with Crippen molar-refractivity contribution in [1.82, 2.24) is 4.90 Å². The first-order valence-corrected chi connectivity index (χ1v) is 11.8. The molecule has 3 heteroatoms. The van der Waals surface area contributed by atoms with Gasteiger partial charge in [-0.15, -0.1) is 12.4 Å². The molecule has 5 rings (SSSR count). The quantitative estimate of drug-likeness (QED) is 0.437. The fraction of sp³-hybridized carbons (Fsp3) is 0.379. The molecule has 2 atom stereocenters. The van der Waals surface area contributed by atoms with Crippen LogP contribution in [0.25, 0.3) is 0 Å². The van der Waals surface area contributed by atoms with Gasteiger partial charge >= 0.3 is 0 Å². The first kappa shape index (κ1) is 23.0. The Kier molecular flexibility index (Phi) is 7.67. The molecule has 3 aromatic rings. The molecular weight excluding hydrogens is 414 g/mol. The summed E-state index contributed by atoms with van der Waals surface area (Å²) in [5.74, 6) is 0.702. The molecule has 1 fully saturated rings. The van der Waals surface area contributed by atoms with E-state index in [-0.39, 0.29) is 17.8 Å². The van der Waals surface area contributed by atoms with E-state index in [0.717, 1.165) is 26.2 Å². The first-order chi connectivity index (χ1) is 15.4. The van der Waals surface area contributed by atoms with Crippen molar-refractivity contribution in [3.05, 3.63) is 107 Å². The largest absolute Gasteiger partial charge is 0.375 e. The smallest absolute Gasteiger partial charge is 0.0720 e.